The van der Waals surface area contributed by atoms with E-state index in [1.165, 1.54) is 0 Å². The molecule has 2 rings (SSSR count). The highest BCUT2D eigenvalue weighted by Crippen LogP contribution is 2.30. The van der Waals surface area contributed by atoms with Crippen LogP contribution in [0.2, 0.25) is 0 Å². The number of para-hydroxylation sites is 1. The monoisotopic (exact) mass is 357 g/mol. The smallest absolute Gasteiger partial charge is 0.258 e. The van der Waals surface area contributed by atoms with Gasteiger partial charge in [0.25, 0.3) is 5.91 Å². The van der Waals surface area contributed by atoms with Gasteiger partial charge in [0.1, 0.15) is 23.9 Å². The number of carbonyl (C=O) groups excluding carboxylic acids is 1. The summed E-state index contributed by atoms with van der Waals surface area (Å²) >= 11 is 0. The summed E-state index contributed by atoms with van der Waals surface area (Å²) in [5.74, 6) is 2.07. The van der Waals surface area contributed by atoms with Gasteiger partial charge in [-0.2, -0.15) is 0 Å². The van der Waals surface area contributed by atoms with Gasteiger partial charge in [0.05, 0.1) is 13.7 Å². The molecule has 0 aliphatic heterocycles. The lowest BCUT2D eigenvalue weighted by atomic mass is 9.86. The molecule has 0 bridgehead atoms. The second kappa shape index (κ2) is 9.13. The highest BCUT2D eigenvalue weighted by Gasteiger charge is 2.18. The van der Waals surface area contributed by atoms with Crippen molar-refractivity contribution < 1.29 is 19.0 Å². The second-order valence-electron chi connectivity index (χ2n) is 6.91. The summed E-state index contributed by atoms with van der Waals surface area (Å²) in [6.45, 7) is 7.13. The largest absolute Gasteiger partial charge is 0.497 e. The molecule has 0 aliphatic rings. The number of nitrogens with one attached hydrogen (secondary N) is 1. The van der Waals surface area contributed by atoms with Crippen molar-refractivity contribution in [3.05, 3.63) is 54.1 Å². The standard InChI is InChI=1S/C21H27NO4/c1-21(2,3)18-7-5-6-8-19(18)26-15-20(23)22-13-14-25-17-11-9-16(24-4)10-12-17/h5-12H,13-15H2,1-4H3,(H,22,23). The van der Waals surface area contributed by atoms with Gasteiger partial charge in [-0.25, -0.2) is 0 Å². The Morgan fingerprint density at radius 3 is 2.27 bits per heavy atom. The van der Waals surface area contributed by atoms with E-state index in [0.29, 0.717) is 13.2 Å². The SMILES string of the molecule is COc1ccc(OCCNC(=O)COc2ccccc2C(C)(C)C)cc1. The maximum atomic E-state index is 12.0. The van der Waals surface area contributed by atoms with E-state index in [2.05, 4.69) is 26.1 Å². The summed E-state index contributed by atoms with van der Waals surface area (Å²) in [6, 6.07) is 15.1. The van der Waals surface area contributed by atoms with Gasteiger partial charge in [-0.15, -0.1) is 0 Å². The fraction of sp³-hybridized carbons (Fsp3) is 0.381. The van der Waals surface area contributed by atoms with Gasteiger partial charge in [-0.3, -0.25) is 4.79 Å². The van der Waals surface area contributed by atoms with E-state index < -0.39 is 0 Å². The first-order valence-electron chi connectivity index (χ1n) is 8.66. The summed E-state index contributed by atoms with van der Waals surface area (Å²) in [6.07, 6.45) is 0. The molecule has 5 heteroatoms. The maximum absolute atomic E-state index is 12.0. The Kier molecular flexibility index (Phi) is 6.89. The average Bonchev–Trinajstić information content (AvgIpc) is 2.63. The van der Waals surface area contributed by atoms with Gasteiger partial charge in [-0.05, 0) is 41.3 Å². The molecule has 0 aliphatic carbocycles. The highest BCUT2D eigenvalue weighted by atomic mass is 16.5. The molecule has 1 amide bonds. The summed E-state index contributed by atoms with van der Waals surface area (Å²) in [5, 5.41) is 2.79. The summed E-state index contributed by atoms with van der Waals surface area (Å²) < 4.78 is 16.4. The van der Waals surface area contributed by atoms with Gasteiger partial charge >= 0.3 is 0 Å². The van der Waals surface area contributed by atoms with Crippen molar-refractivity contribution in [2.24, 2.45) is 0 Å². The molecule has 5 nitrogen and oxygen atoms in total. The Morgan fingerprint density at radius 2 is 1.62 bits per heavy atom. The molecule has 0 saturated carbocycles. The van der Waals surface area contributed by atoms with Crippen molar-refractivity contribution in [2.45, 2.75) is 26.2 Å². The summed E-state index contributed by atoms with van der Waals surface area (Å²) in [7, 11) is 1.62. The number of amides is 1. The fourth-order valence-electron chi connectivity index (χ4n) is 2.44. The minimum absolute atomic E-state index is 0.0182. The minimum Gasteiger partial charge on any atom is -0.497 e. The molecule has 1 N–H and O–H groups in total. The predicted molar refractivity (Wildman–Crippen MR) is 102 cm³/mol. The lowest BCUT2D eigenvalue weighted by Crippen LogP contribution is -2.32. The van der Waals surface area contributed by atoms with Crippen LogP contribution in [0.4, 0.5) is 0 Å². The quantitative estimate of drug-likeness (QED) is 0.734. The Balaban J connectivity index is 1.72. The number of methoxy groups -OCH3 is 1. The van der Waals surface area contributed by atoms with Crippen molar-refractivity contribution in [2.75, 3.05) is 26.9 Å². The van der Waals surface area contributed by atoms with Crippen LogP contribution in [0.25, 0.3) is 0 Å². The number of hydrogen-bond donors (Lipinski definition) is 1. The minimum atomic E-state index is -0.174. The average molecular weight is 357 g/mol. The van der Waals surface area contributed by atoms with Crippen LogP contribution in [0.5, 0.6) is 17.2 Å². The van der Waals surface area contributed by atoms with Crippen LogP contribution in [0, 0.1) is 0 Å². The van der Waals surface area contributed by atoms with E-state index in [0.717, 1.165) is 22.8 Å². The lowest BCUT2D eigenvalue weighted by molar-refractivity contribution is -0.123. The van der Waals surface area contributed by atoms with Gasteiger partial charge in [0.15, 0.2) is 6.61 Å². The van der Waals surface area contributed by atoms with E-state index in [9.17, 15) is 4.79 Å². The first kappa shape index (κ1) is 19.6. The summed E-state index contributed by atoms with van der Waals surface area (Å²) in [5.41, 5.74) is 1.04. The third kappa shape index (κ3) is 5.99. The maximum Gasteiger partial charge on any atom is 0.258 e. The molecule has 0 atom stereocenters. The number of rotatable bonds is 8. The van der Waals surface area contributed by atoms with E-state index in [-0.39, 0.29) is 17.9 Å². The van der Waals surface area contributed by atoms with Crippen molar-refractivity contribution in [3.63, 3.8) is 0 Å². The Bertz CT molecular complexity index is 705. The van der Waals surface area contributed by atoms with Crippen molar-refractivity contribution in [3.8, 4) is 17.2 Å². The first-order valence-corrected chi connectivity index (χ1v) is 8.66. The molecule has 0 saturated heterocycles. The molecule has 0 radical (unpaired) electrons. The molecule has 0 unspecified atom stereocenters. The van der Waals surface area contributed by atoms with Crippen LogP contribution in [0.1, 0.15) is 26.3 Å². The Morgan fingerprint density at radius 1 is 0.962 bits per heavy atom. The Labute approximate surface area is 155 Å². The first-order chi connectivity index (χ1) is 12.4. The topological polar surface area (TPSA) is 56.8 Å². The molecule has 0 heterocycles. The van der Waals surface area contributed by atoms with E-state index in [1.807, 2.05) is 48.5 Å². The van der Waals surface area contributed by atoms with Crippen LogP contribution in [0.3, 0.4) is 0 Å². The van der Waals surface area contributed by atoms with Crippen LogP contribution < -0.4 is 19.5 Å². The third-order valence-corrected chi connectivity index (χ3v) is 3.81. The van der Waals surface area contributed by atoms with Gasteiger partial charge in [0.2, 0.25) is 0 Å². The van der Waals surface area contributed by atoms with E-state index in [1.54, 1.807) is 7.11 Å². The second-order valence-corrected chi connectivity index (χ2v) is 6.91. The highest BCUT2D eigenvalue weighted by molar-refractivity contribution is 5.77. The number of carbonyl (C=O) groups is 1. The molecule has 140 valence electrons. The van der Waals surface area contributed by atoms with Crippen molar-refractivity contribution in [1.82, 2.24) is 5.32 Å². The number of ether oxygens (including phenoxy) is 3. The van der Waals surface area contributed by atoms with Crippen molar-refractivity contribution in [1.29, 1.82) is 0 Å². The van der Waals surface area contributed by atoms with Crippen LogP contribution in [-0.2, 0) is 10.2 Å². The molecule has 2 aromatic rings. The zero-order valence-electron chi connectivity index (χ0n) is 15.9. The zero-order chi connectivity index (χ0) is 19.0. The molecule has 2 aromatic carbocycles. The lowest BCUT2D eigenvalue weighted by Gasteiger charge is -2.22. The van der Waals surface area contributed by atoms with E-state index in [4.69, 9.17) is 14.2 Å². The van der Waals surface area contributed by atoms with Crippen LogP contribution in [0.15, 0.2) is 48.5 Å². The zero-order valence-corrected chi connectivity index (χ0v) is 15.9. The molecular formula is C21H27NO4. The molecule has 0 spiro atoms. The molecule has 26 heavy (non-hydrogen) atoms. The van der Waals surface area contributed by atoms with Crippen molar-refractivity contribution >= 4 is 5.91 Å². The predicted octanol–water partition coefficient (Wildman–Crippen LogP) is 3.57. The van der Waals surface area contributed by atoms with E-state index >= 15 is 0 Å². The number of benzene rings is 2. The number of hydrogen-bond acceptors (Lipinski definition) is 4. The molecule has 0 fully saturated rings. The normalized spacial score (nSPS) is 10.9. The molecular weight excluding hydrogens is 330 g/mol. The van der Waals surface area contributed by atoms with Gasteiger partial charge in [0, 0.05) is 0 Å². The van der Waals surface area contributed by atoms with Crippen LogP contribution in [-0.4, -0.2) is 32.8 Å². The third-order valence-electron chi connectivity index (χ3n) is 3.81. The fourth-order valence-corrected chi connectivity index (χ4v) is 2.44. The summed E-state index contributed by atoms with van der Waals surface area (Å²) in [4.78, 5) is 12.0. The van der Waals surface area contributed by atoms with Gasteiger partial charge in [-0.1, -0.05) is 39.0 Å². The molecule has 0 aromatic heterocycles. The Hall–Kier alpha value is -2.69. The van der Waals surface area contributed by atoms with Crippen LogP contribution >= 0.6 is 0 Å². The van der Waals surface area contributed by atoms with Gasteiger partial charge < -0.3 is 19.5 Å².